The van der Waals surface area contributed by atoms with Crippen molar-refractivity contribution in [3.05, 3.63) is 36.5 Å². The molecule has 1 saturated heterocycles. The van der Waals surface area contributed by atoms with Crippen molar-refractivity contribution in [2.45, 2.75) is 65.2 Å². The molecule has 10 nitrogen and oxygen atoms in total. The third-order valence-electron chi connectivity index (χ3n) is 8.07. The van der Waals surface area contributed by atoms with E-state index < -0.39 is 18.1 Å². The zero-order valence-electron chi connectivity index (χ0n) is 28.1. The highest BCUT2D eigenvalue weighted by molar-refractivity contribution is 7.79. The van der Waals surface area contributed by atoms with Gasteiger partial charge < -0.3 is 23.7 Å². The number of methoxy groups -OCH3 is 4. The molecule has 0 radical (unpaired) electrons. The molecule has 0 amide bonds. The van der Waals surface area contributed by atoms with Crippen molar-refractivity contribution in [1.82, 2.24) is 0 Å². The Morgan fingerprint density at radius 3 is 1.85 bits per heavy atom. The Hall–Kier alpha value is -3.59. The number of hydrogen-bond acceptors (Lipinski definition) is 11. The van der Waals surface area contributed by atoms with Crippen LogP contribution in [0.25, 0.3) is 0 Å². The molecule has 12 heteroatoms. The smallest absolute Gasteiger partial charge is 0.383 e. The minimum absolute atomic E-state index is 0.0261. The number of terminal acetylenes is 1. The Morgan fingerprint density at radius 1 is 1.00 bits per heavy atom. The summed E-state index contributed by atoms with van der Waals surface area (Å²) in [5, 5.41) is 0. The van der Waals surface area contributed by atoms with Crippen LogP contribution in [-0.4, -0.2) is 76.8 Å². The molecule has 1 heterocycles. The fourth-order valence-corrected chi connectivity index (χ4v) is 5.72. The second-order valence-electron chi connectivity index (χ2n) is 11.3. The maximum atomic E-state index is 11.6. The highest BCUT2D eigenvalue weighted by Crippen LogP contribution is 2.52. The van der Waals surface area contributed by atoms with Crippen LogP contribution in [0.3, 0.4) is 0 Å². The Bertz CT molecular complexity index is 1140. The van der Waals surface area contributed by atoms with Crippen LogP contribution >= 0.6 is 12.6 Å². The van der Waals surface area contributed by atoms with Crippen molar-refractivity contribution in [1.29, 1.82) is 0 Å². The average Bonchev–Trinajstić information content (AvgIpc) is 3.91. The molecule has 0 aromatic carbocycles. The molecule has 0 aromatic heterocycles. The average molecular weight is 669 g/mol. The maximum absolute atomic E-state index is 11.6. The highest BCUT2D eigenvalue weighted by atomic mass is 32.1. The van der Waals surface area contributed by atoms with Crippen LogP contribution in [-0.2, 0) is 47.7 Å². The molecule has 5 rings (SSSR count). The molecular weight excluding hydrogens is 619 g/mol. The minimum Gasteiger partial charge on any atom is -0.469 e. The second kappa shape index (κ2) is 21.3. The van der Waals surface area contributed by atoms with Gasteiger partial charge in [-0.3, -0.25) is 9.59 Å². The lowest BCUT2D eigenvalue weighted by atomic mass is 9.78. The summed E-state index contributed by atoms with van der Waals surface area (Å²) in [4.78, 5) is 52.7. The zero-order chi connectivity index (χ0) is 35.6. The van der Waals surface area contributed by atoms with Gasteiger partial charge >= 0.3 is 29.8 Å². The van der Waals surface area contributed by atoms with E-state index in [0.29, 0.717) is 35.7 Å². The number of allylic oxidation sites excluding steroid dienone is 4. The minimum atomic E-state index is -1.50. The first-order chi connectivity index (χ1) is 21.7. The van der Waals surface area contributed by atoms with Gasteiger partial charge in [0.2, 0.25) is 0 Å². The number of alkyl halides is 1. The van der Waals surface area contributed by atoms with E-state index in [0.717, 1.165) is 33.3 Å². The number of carbonyl (C=O) groups is 5. The number of halogens is 1. The van der Waals surface area contributed by atoms with Gasteiger partial charge in [0.25, 0.3) is 0 Å². The number of thiol groups is 1. The van der Waals surface area contributed by atoms with E-state index in [-0.39, 0.29) is 35.3 Å². The van der Waals surface area contributed by atoms with E-state index in [1.165, 1.54) is 27.8 Å². The van der Waals surface area contributed by atoms with Crippen LogP contribution in [0.5, 0.6) is 0 Å². The lowest BCUT2D eigenvalue weighted by Gasteiger charge is -2.27. The van der Waals surface area contributed by atoms with E-state index in [1.54, 1.807) is 12.2 Å². The Balaban J connectivity index is 0.000000557. The van der Waals surface area contributed by atoms with Crippen LogP contribution in [0.2, 0.25) is 0 Å². The van der Waals surface area contributed by atoms with E-state index in [2.05, 4.69) is 59.4 Å². The summed E-state index contributed by atoms with van der Waals surface area (Å²) in [6.45, 7) is 8.52. The summed E-state index contributed by atoms with van der Waals surface area (Å²) in [6.07, 6.45) is 18.6. The Morgan fingerprint density at radius 2 is 1.61 bits per heavy atom. The lowest BCUT2D eigenvalue weighted by molar-refractivity contribution is -0.153. The molecule has 4 bridgehead atoms. The van der Waals surface area contributed by atoms with Gasteiger partial charge in [0, 0.05) is 17.9 Å². The van der Waals surface area contributed by atoms with Crippen LogP contribution in [0, 0.1) is 47.3 Å². The highest BCUT2D eigenvalue weighted by Gasteiger charge is 2.50. The van der Waals surface area contributed by atoms with E-state index >= 15 is 0 Å². The van der Waals surface area contributed by atoms with E-state index in [9.17, 15) is 28.4 Å². The molecule has 8 atom stereocenters. The standard InChI is InChI=1S/C10H14O2.C9H12O2.C6H8O2.C4H7FO2.C4H4O2.CH4S/c1-10(9(11)12-2)6-7-3-4-8(10)5-7;1-11-9(10)8-5-6-2-3-7(8)4-6;1-4-3-5(2)8-6(4)7;1-3(5)4(6)7-2;1-3-4(5)6-2;1-2/h3-4,7-8H,5-6H2,1-2H3;2-3,6-8H,4-5H2,1H3;5H,1,3H2,2H3;3H,1-2H3;1H,2H3;2H,1H3. The quantitative estimate of drug-likeness (QED) is 0.0846. The summed E-state index contributed by atoms with van der Waals surface area (Å²) in [5.41, 5.74) is 0.367. The molecule has 1 aliphatic heterocycles. The van der Waals surface area contributed by atoms with Crippen molar-refractivity contribution in [3.63, 3.8) is 0 Å². The summed E-state index contributed by atoms with van der Waals surface area (Å²) in [5.74, 6) is 2.35. The molecule has 4 aliphatic carbocycles. The first-order valence-corrected chi connectivity index (χ1v) is 15.7. The number of fused-ring (bicyclic) bond motifs is 4. The molecule has 0 N–H and O–H groups in total. The first kappa shape index (κ1) is 42.4. The predicted molar refractivity (Wildman–Crippen MR) is 174 cm³/mol. The van der Waals surface area contributed by atoms with Crippen molar-refractivity contribution in [2.75, 3.05) is 34.7 Å². The molecule has 5 aliphatic rings. The van der Waals surface area contributed by atoms with Gasteiger partial charge in [0.05, 0.1) is 39.8 Å². The number of hydrogen-bond donors (Lipinski definition) is 1. The summed E-state index contributed by atoms with van der Waals surface area (Å²) < 4.78 is 33.9. The van der Waals surface area contributed by atoms with Gasteiger partial charge in [0.15, 0.2) is 6.17 Å². The molecule has 3 fully saturated rings. The number of carbonyl (C=O) groups excluding carboxylic acids is 5. The maximum Gasteiger partial charge on any atom is 0.383 e. The van der Waals surface area contributed by atoms with Crippen LogP contribution < -0.4 is 0 Å². The summed E-state index contributed by atoms with van der Waals surface area (Å²) >= 11 is 3.53. The predicted octanol–water partition coefficient (Wildman–Crippen LogP) is 4.87. The van der Waals surface area contributed by atoms with Gasteiger partial charge in [-0.2, -0.15) is 12.6 Å². The van der Waals surface area contributed by atoms with Crippen LogP contribution in [0.1, 0.15) is 52.9 Å². The summed E-state index contributed by atoms with van der Waals surface area (Å²) in [7, 11) is 5.34. The van der Waals surface area contributed by atoms with Crippen molar-refractivity contribution >= 4 is 42.5 Å². The molecule has 0 spiro atoms. The van der Waals surface area contributed by atoms with Crippen molar-refractivity contribution < 1.29 is 52.0 Å². The number of rotatable bonds is 3. The summed E-state index contributed by atoms with van der Waals surface area (Å²) in [6, 6.07) is 0. The van der Waals surface area contributed by atoms with Gasteiger partial charge in [0.1, 0.15) is 6.10 Å². The molecule has 0 aromatic rings. The van der Waals surface area contributed by atoms with Crippen LogP contribution in [0.15, 0.2) is 36.5 Å². The monoisotopic (exact) mass is 668 g/mol. The number of ether oxygens (including phenoxy) is 5. The van der Waals surface area contributed by atoms with Gasteiger partial charge in [-0.05, 0) is 76.4 Å². The molecule has 2 saturated carbocycles. The topological polar surface area (TPSA) is 132 Å². The third kappa shape index (κ3) is 13.0. The number of esters is 5. The molecule has 258 valence electrons. The van der Waals surface area contributed by atoms with Gasteiger partial charge in [-0.15, -0.1) is 6.42 Å². The zero-order valence-corrected chi connectivity index (χ0v) is 29.0. The molecule has 46 heavy (non-hydrogen) atoms. The van der Waals surface area contributed by atoms with Crippen molar-refractivity contribution in [2.24, 2.45) is 35.0 Å². The van der Waals surface area contributed by atoms with E-state index in [4.69, 9.17) is 14.2 Å². The normalized spacial score (nSPS) is 28.6. The molecule has 8 unspecified atom stereocenters. The van der Waals surface area contributed by atoms with Crippen LogP contribution in [0.4, 0.5) is 4.39 Å². The lowest BCUT2D eigenvalue weighted by Crippen LogP contribution is -2.32. The molecular formula is C34H49FO10S. The fraction of sp³-hybridized carbons (Fsp3) is 0.618. The largest absolute Gasteiger partial charge is 0.469 e. The Labute approximate surface area is 277 Å². The Kier molecular flexibility index (Phi) is 19.6. The van der Waals surface area contributed by atoms with E-state index in [1.807, 2.05) is 13.8 Å². The third-order valence-corrected chi connectivity index (χ3v) is 8.07. The van der Waals surface area contributed by atoms with Crippen molar-refractivity contribution in [3.8, 4) is 12.3 Å². The SMILES string of the molecule is C#CC(=O)OC.C=C1CC(C)OC1=O.COC(=O)C(C)F.COC(=O)C1(C)CC2C=CC1C2.COC(=O)C1CC2C=CC1C2.CS. The van der Waals surface area contributed by atoms with Gasteiger partial charge in [-0.1, -0.05) is 30.9 Å². The second-order valence-corrected chi connectivity index (χ2v) is 11.3. The first-order valence-electron chi connectivity index (χ1n) is 14.8. The van der Waals surface area contributed by atoms with Gasteiger partial charge in [-0.25, -0.2) is 18.8 Å². The fourth-order valence-electron chi connectivity index (χ4n) is 5.72. The number of cyclic esters (lactones) is 1.